The van der Waals surface area contributed by atoms with Gasteiger partial charge in [0.2, 0.25) is 0 Å². The number of nitrogens with zero attached hydrogens (tertiary/aromatic N) is 1. The van der Waals surface area contributed by atoms with Gasteiger partial charge in [0.1, 0.15) is 6.54 Å². The van der Waals surface area contributed by atoms with Crippen molar-refractivity contribution in [1.82, 2.24) is 10.2 Å². The molecule has 1 N–H and O–H groups in total. The molecule has 0 saturated carbocycles. The molecule has 5 nitrogen and oxygen atoms in total. The van der Waals surface area contributed by atoms with Crippen LogP contribution < -0.4 is 5.32 Å². The smallest absolute Gasteiger partial charge is 0.325 e. The molecule has 0 saturated heterocycles. The van der Waals surface area contributed by atoms with E-state index in [0.717, 1.165) is 0 Å². The zero-order chi connectivity index (χ0) is 11.1. The molecule has 0 spiro atoms. The van der Waals surface area contributed by atoms with Crippen molar-refractivity contribution in [3.8, 4) is 0 Å². The number of carbonyl (C=O) groups excluding carboxylic acids is 2. The van der Waals surface area contributed by atoms with Crippen molar-refractivity contribution < 1.29 is 14.3 Å². The summed E-state index contributed by atoms with van der Waals surface area (Å²) in [6, 6.07) is -0.208. The molecule has 0 rings (SSSR count). The van der Waals surface area contributed by atoms with Gasteiger partial charge in [-0.05, 0) is 20.8 Å². The van der Waals surface area contributed by atoms with Crippen molar-refractivity contribution in [3.63, 3.8) is 0 Å². The maximum absolute atomic E-state index is 11.3. The third-order valence-corrected chi connectivity index (χ3v) is 1.43. The van der Waals surface area contributed by atoms with Crippen LogP contribution in [-0.4, -0.2) is 43.1 Å². The molecule has 0 aliphatic rings. The van der Waals surface area contributed by atoms with Gasteiger partial charge >= 0.3 is 12.0 Å². The first-order valence-electron chi connectivity index (χ1n) is 4.64. The zero-order valence-corrected chi connectivity index (χ0v) is 9.16. The molecule has 0 heterocycles. The molecule has 5 heteroatoms. The second kappa shape index (κ2) is 6.23. The lowest BCUT2D eigenvalue weighted by Crippen LogP contribution is -2.43. The van der Waals surface area contributed by atoms with Gasteiger partial charge in [0.25, 0.3) is 0 Å². The summed E-state index contributed by atoms with van der Waals surface area (Å²) in [7, 11) is 1.55. The Balaban J connectivity index is 3.88. The van der Waals surface area contributed by atoms with Crippen LogP contribution in [0.3, 0.4) is 0 Å². The van der Waals surface area contributed by atoms with E-state index in [4.69, 9.17) is 4.74 Å². The summed E-state index contributed by atoms with van der Waals surface area (Å²) in [6.45, 7) is 5.75. The molecule has 82 valence electrons. The van der Waals surface area contributed by atoms with E-state index in [-0.39, 0.29) is 18.6 Å². The van der Waals surface area contributed by atoms with Crippen LogP contribution in [0.25, 0.3) is 0 Å². The molecular weight excluding hydrogens is 184 g/mol. The van der Waals surface area contributed by atoms with Gasteiger partial charge in [-0.15, -0.1) is 0 Å². The monoisotopic (exact) mass is 202 g/mol. The first-order valence-corrected chi connectivity index (χ1v) is 4.64. The number of urea groups is 1. The molecule has 0 aliphatic carbocycles. The fourth-order valence-electron chi connectivity index (χ4n) is 0.829. The van der Waals surface area contributed by atoms with Gasteiger partial charge in [-0.3, -0.25) is 4.79 Å². The number of hydrogen-bond donors (Lipinski definition) is 1. The van der Waals surface area contributed by atoms with E-state index < -0.39 is 5.97 Å². The number of hydrogen-bond acceptors (Lipinski definition) is 3. The maximum atomic E-state index is 11.3. The van der Waals surface area contributed by atoms with Gasteiger partial charge in [-0.1, -0.05) is 0 Å². The van der Waals surface area contributed by atoms with Gasteiger partial charge in [0.15, 0.2) is 0 Å². The lowest BCUT2D eigenvalue weighted by Gasteiger charge is -2.18. The highest BCUT2D eigenvalue weighted by atomic mass is 16.5. The average molecular weight is 202 g/mol. The number of esters is 1. The molecule has 0 aliphatic heterocycles. The van der Waals surface area contributed by atoms with E-state index in [2.05, 4.69) is 5.32 Å². The van der Waals surface area contributed by atoms with Gasteiger partial charge in [0.05, 0.1) is 6.61 Å². The van der Waals surface area contributed by atoms with Crippen molar-refractivity contribution in [1.29, 1.82) is 0 Å². The number of nitrogens with one attached hydrogen (secondary N) is 1. The predicted molar refractivity (Wildman–Crippen MR) is 52.9 cm³/mol. The molecule has 0 unspecified atom stereocenters. The Morgan fingerprint density at radius 1 is 1.43 bits per heavy atom. The molecular formula is C9H18N2O3. The van der Waals surface area contributed by atoms with Crippen molar-refractivity contribution in [2.75, 3.05) is 20.2 Å². The van der Waals surface area contributed by atoms with Gasteiger partial charge in [0, 0.05) is 13.1 Å². The van der Waals surface area contributed by atoms with E-state index in [0.29, 0.717) is 6.61 Å². The Morgan fingerprint density at radius 3 is 2.43 bits per heavy atom. The normalized spacial score (nSPS) is 9.79. The predicted octanol–water partition coefficient (Wildman–Crippen LogP) is 0.599. The van der Waals surface area contributed by atoms with E-state index in [1.807, 2.05) is 13.8 Å². The summed E-state index contributed by atoms with van der Waals surface area (Å²) in [4.78, 5) is 23.6. The number of amides is 2. The Labute approximate surface area is 84.4 Å². The molecule has 0 aromatic rings. The Morgan fingerprint density at radius 2 is 2.00 bits per heavy atom. The first kappa shape index (κ1) is 12.7. The lowest BCUT2D eigenvalue weighted by molar-refractivity contribution is -0.143. The number of ether oxygens (including phenoxy) is 1. The summed E-state index contributed by atoms with van der Waals surface area (Å²) in [5, 5.41) is 2.67. The molecule has 0 aromatic heterocycles. The van der Waals surface area contributed by atoms with Crippen LogP contribution in [0.4, 0.5) is 4.79 Å². The number of likely N-dealkylation sites (N-methyl/N-ethyl adjacent to an activating group) is 1. The molecule has 0 bridgehead atoms. The van der Waals surface area contributed by atoms with Gasteiger partial charge in [-0.25, -0.2) is 4.79 Å². The minimum absolute atomic E-state index is 0.0214. The summed E-state index contributed by atoms with van der Waals surface area (Å²) >= 11 is 0. The lowest BCUT2D eigenvalue weighted by atomic mass is 10.4. The van der Waals surface area contributed by atoms with Crippen molar-refractivity contribution in [3.05, 3.63) is 0 Å². The highest BCUT2D eigenvalue weighted by molar-refractivity contribution is 5.80. The van der Waals surface area contributed by atoms with Crippen molar-refractivity contribution >= 4 is 12.0 Å². The standard InChI is InChI=1S/C9H18N2O3/c1-5-14-8(12)6-11(4)9(13)10-7(2)3/h7H,5-6H2,1-4H3,(H,10,13). The summed E-state index contributed by atoms with van der Waals surface area (Å²) < 4.78 is 4.71. The highest BCUT2D eigenvalue weighted by Crippen LogP contribution is 1.89. The van der Waals surface area contributed by atoms with Crippen LogP contribution in [0, 0.1) is 0 Å². The van der Waals surface area contributed by atoms with E-state index in [1.54, 1.807) is 14.0 Å². The average Bonchev–Trinajstić information content (AvgIpc) is 2.02. The van der Waals surface area contributed by atoms with Gasteiger partial charge < -0.3 is 15.0 Å². The zero-order valence-electron chi connectivity index (χ0n) is 9.16. The molecule has 2 amide bonds. The summed E-state index contributed by atoms with van der Waals surface area (Å²) in [5.74, 6) is -0.395. The van der Waals surface area contributed by atoms with Gasteiger partial charge in [-0.2, -0.15) is 0 Å². The third-order valence-electron chi connectivity index (χ3n) is 1.43. The summed E-state index contributed by atoms with van der Waals surface area (Å²) in [6.07, 6.45) is 0. The number of rotatable bonds is 4. The summed E-state index contributed by atoms with van der Waals surface area (Å²) in [5.41, 5.74) is 0. The second-order valence-corrected chi connectivity index (χ2v) is 3.27. The minimum Gasteiger partial charge on any atom is -0.465 e. The fourth-order valence-corrected chi connectivity index (χ4v) is 0.829. The Bertz CT molecular complexity index is 204. The Hall–Kier alpha value is -1.26. The molecule has 0 aromatic carbocycles. The van der Waals surface area contributed by atoms with E-state index >= 15 is 0 Å². The van der Waals surface area contributed by atoms with E-state index in [9.17, 15) is 9.59 Å². The number of carbonyl (C=O) groups is 2. The van der Waals surface area contributed by atoms with Crippen LogP contribution in [0.2, 0.25) is 0 Å². The second-order valence-electron chi connectivity index (χ2n) is 3.27. The van der Waals surface area contributed by atoms with Crippen LogP contribution in [0.1, 0.15) is 20.8 Å². The van der Waals surface area contributed by atoms with Crippen LogP contribution in [0.15, 0.2) is 0 Å². The topological polar surface area (TPSA) is 58.6 Å². The molecule has 0 fully saturated rings. The third kappa shape index (κ3) is 5.40. The van der Waals surface area contributed by atoms with Crippen LogP contribution in [-0.2, 0) is 9.53 Å². The quantitative estimate of drug-likeness (QED) is 0.679. The Kier molecular flexibility index (Phi) is 5.67. The van der Waals surface area contributed by atoms with Crippen molar-refractivity contribution in [2.24, 2.45) is 0 Å². The maximum Gasteiger partial charge on any atom is 0.325 e. The highest BCUT2D eigenvalue weighted by Gasteiger charge is 2.13. The largest absolute Gasteiger partial charge is 0.465 e. The van der Waals surface area contributed by atoms with E-state index in [1.165, 1.54) is 4.90 Å². The molecule has 14 heavy (non-hydrogen) atoms. The van der Waals surface area contributed by atoms with Crippen molar-refractivity contribution in [2.45, 2.75) is 26.8 Å². The SMILES string of the molecule is CCOC(=O)CN(C)C(=O)NC(C)C. The van der Waals surface area contributed by atoms with Crippen LogP contribution >= 0.6 is 0 Å². The molecule has 0 radical (unpaired) electrons. The van der Waals surface area contributed by atoms with Crippen LogP contribution in [0.5, 0.6) is 0 Å². The minimum atomic E-state index is -0.395. The molecule has 0 atom stereocenters. The first-order chi connectivity index (χ1) is 6.47. The fraction of sp³-hybridized carbons (Fsp3) is 0.778.